The predicted octanol–water partition coefficient (Wildman–Crippen LogP) is 0.258. The number of nitrogens with zero attached hydrogens (tertiary/aromatic N) is 3. The Bertz CT molecular complexity index is 767. The smallest absolute Gasteiger partial charge is 0.286 e. The highest BCUT2D eigenvalue weighted by atomic mass is 35.5. The predicted molar refractivity (Wildman–Crippen MR) is 89.4 cm³/mol. The van der Waals surface area contributed by atoms with E-state index >= 15 is 0 Å². The minimum absolute atomic E-state index is 0. The van der Waals surface area contributed by atoms with E-state index in [1.165, 1.54) is 0 Å². The molecule has 0 saturated heterocycles. The molecule has 0 aromatic heterocycles. The SMILES string of the molecule is [Cl-].c1ccc(N2N=NC(c3ccccc3)(c3ccccc3)[NH2+]2)cc1. The lowest BCUT2D eigenvalue weighted by Crippen LogP contribution is -3.00. The summed E-state index contributed by atoms with van der Waals surface area (Å²) < 4.78 is 0. The van der Waals surface area contributed by atoms with Gasteiger partial charge in [-0.2, -0.15) is 5.43 Å². The van der Waals surface area contributed by atoms with E-state index in [0.29, 0.717) is 0 Å². The van der Waals surface area contributed by atoms with Crippen molar-refractivity contribution >= 4 is 5.69 Å². The van der Waals surface area contributed by atoms with Gasteiger partial charge in [-0.25, -0.2) is 0 Å². The van der Waals surface area contributed by atoms with Gasteiger partial charge in [-0.1, -0.05) is 89.1 Å². The summed E-state index contributed by atoms with van der Waals surface area (Å²) in [4.78, 5) is 0. The second-order valence-electron chi connectivity index (χ2n) is 5.50. The fourth-order valence-electron chi connectivity index (χ4n) is 2.87. The molecule has 0 bridgehead atoms. The van der Waals surface area contributed by atoms with Crippen LogP contribution in [-0.2, 0) is 5.66 Å². The van der Waals surface area contributed by atoms with Gasteiger partial charge in [0.2, 0.25) is 0 Å². The monoisotopic (exact) mass is 336 g/mol. The number of rotatable bonds is 3. The summed E-state index contributed by atoms with van der Waals surface area (Å²) in [5, 5.41) is 10.9. The summed E-state index contributed by atoms with van der Waals surface area (Å²) in [5.41, 5.74) is 4.71. The fraction of sp³-hybridized carbons (Fsp3) is 0.0526. The molecule has 1 aliphatic heterocycles. The molecule has 0 saturated carbocycles. The first-order valence-electron chi connectivity index (χ1n) is 7.63. The van der Waals surface area contributed by atoms with Crippen LogP contribution < -0.4 is 23.0 Å². The summed E-state index contributed by atoms with van der Waals surface area (Å²) in [7, 11) is 0. The number of para-hydroxylation sites is 1. The molecule has 4 nitrogen and oxygen atoms in total. The summed E-state index contributed by atoms with van der Waals surface area (Å²) in [6.45, 7) is 0. The highest BCUT2D eigenvalue weighted by Crippen LogP contribution is 2.31. The van der Waals surface area contributed by atoms with Crippen molar-refractivity contribution in [2.45, 2.75) is 5.66 Å². The number of halogens is 1. The molecular formula is C19H17ClN4. The lowest BCUT2D eigenvalue weighted by molar-refractivity contribution is -0.723. The second kappa shape index (κ2) is 6.83. The van der Waals surface area contributed by atoms with Crippen LogP contribution in [-0.4, -0.2) is 0 Å². The Labute approximate surface area is 147 Å². The molecule has 0 spiro atoms. The van der Waals surface area contributed by atoms with Gasteiger partial charge in [-0.05, 0) is 17.4 Å². The summed E-state index contributed by atoms with van der Waals surface area (Å²) in [6, 6.07) is 30.6. The molecule has 4 rings (SSSR count). The summed E-state index contributed by atoms with van der Waals surface area (Å²) >= 11 is 0. The Hall–Kier alpha value is -2.69. The Balaban J connectivity index is 0.00000169. The van der Waals surface area contributed by atoms with E-state index in [1.54, 1.807) is 0 Å². The van der Waals surface area contributed by atoms with Gasteiger partial charge in [-0.3, -0.25) is 0 Å². The third-order valence-corrected chi connectivity index (χ3v) is 4.06. The van der Waals surface area contributed by atoms with Crippen molar-refractivity contribution in [1.82, 2.24) is 0 Å². The minimum atomic E-state index is -0.585. The second-order valence-corrected chi connectivity index (χ2v) is 5.50. The van der Waals surface area contributed by atoms with Crippen molar-refractivity contribution in [3.05, 3.63) is 102 Å². The van der Waals surface area contributed by atoms with Crippen molar-refractivity contribution in [3.8, 4) is 0 Å². The maximum atomic E-state index is 4.66. The highest BCUT2D eigenvalue weighted by molar-refractivity contribution is 5.43. The van der Waals surface area contributed by atoms with Gasteiger partial charge >= 0.3 is 0 Å². The lowest BCUT2D eigenvalue weighted by atomic mass is 9.92. The van der Waals surface area contributed by atoms with Crippen LogP contribution in [0.1, 0.15) is 11.1 Å². The molecule has 0 unspecified atom stereocenters. The Morgan fingerprint density at radius 1 is 0.667 bits per heavy atom. The van der Waals surface area contributed by atoms with E-state index < -0.39 is 5.66 Å². The lowest BCUT2D eigenvalue weighted by Gasteiger charge is -2.23. The maximum Gasteiger partial charge on any atom is 0.286 e. The van der Waals surface area contributed by atoms with E-state index in [4.69, 9.17) is 0 Å². The molecule has 0 amide bonds. The quantitative estimate of drug-likeness (QED) is 0.685. The van der Waals surface area contributed by atoms with Gasteiger partial charge in [0.15, 0.2) is 0 Å². The third-order valence-electron chi connectivity index (χ3n) is 4.06. The molecule has 0 aliphatic carbocycles. The molecule has 0 radical (unpaired) electrons. The van der Waals surface area contributed by atoms with Gasteiger partial charge in [0.25, 0.3) is 5.66 Å². The molecule has 120 valence electrons. The van der Waals surface area contributed by atoms with Crippen molar-refractivity contribution in [1.29, 1.82) is 0 Å². The molecule has 1 heterocycles. The summed E-state index contributed by atoms with van der Waals surface area (Å²) in [5.74, 6) is 0. The number of quaternary nitrogens is 1. The Morgan fingerprint density at radius 3 is 1.62 bits per heavy atom. The Kier molecular flexibility index (Phi) is 4.60. The molecular weight excluding hydrogens is 320 g/mol. The normalized spacial score (nSPS) is 15.1. The molecule has 3 aromatic rings. The van der Waals surface area contributed by atoms with Gasteiger partial charge in [-0.15, -0.1) is 0 Å². The third kappa shape index (κ3) is 2.77. The van der Waals surface area contributed by atoms with Crippen LogP contribution in [0.15, 0.2) is 101 Å². The minimum Gasteiger partial charge on any atom is -1.00 e. The number of benzene rings is 3. The van der Waals surface area contributed by atoms with Crippen molar-refractivity contribution in [3.63, 3.8) is 0 Å². The van der Waals surface area contributed by atoms with Crippen LogP contribution in [0.5, 0.6) is 0 Å². The largest absolute Gasteiger partial charge is 1.00 e. The number of anilines is 1. The number of hydrogen-bond donors (Lipinski definition) is 1. The fourth-order valence-corrected chi connectivity index (χ4v) is 2.87. The zero-order valence-electron chi connectivity index (χ0n) is 13.0. The van der Waals surface area contributed by atoms with Gasteiger partial charge in [0.05, 0.1) is 0 Å². The molecule has 2 N–H and O–H groups in total. The van der Waals surface area contributed by atoms with Crippen LogP contribution in [0.2, 0.25) is 0 Å². The molecule has 1 aliphatic rings. The van der Waals surface area contributed by atoms with E-state index in [0.717, 1.165) is 16.8 Å². The van der Waals surface area contributed by atoms with Crippen molar-refractivity contribution < 1.29 is 17.8 Å². The van der Waals surface area contributed by atoms with Crippen LogP contribution in [0.25, 0.3) is 0 Å². The van der Waals surface area contributed by atoms with Crippen LogP contribution >= 0.6 is 0 Å². The molecule has 3 aromatic carbocycles. The van der Waals surface area contributed by atoms with Gasteiger partial charge < -0.3 is 12.4 Å². The summed E-state index contributed by atoms with van der Waals surface area (Å²) in [6.07, 6.45) is 0. The standard InChI is InChI=1S/C19H16N4.ClH/c1-4-10-16(11-5-1)19(17-12-6-2-7-13-17)20-22-23(21-19)18-14-8-3-9-15-18;/h1-15,21H;1H. The van der Waals surface area contributed by atoms with E-state index in [1.807, 2.05) is 71.8 Å². The average molecular weight is 337 g/mol. The first-order chi connectivity index (χ1) is 11.4. The zero-order chi connectivity index (χ0) is 15.5. The van der Waals surface area contributed by atoms with Gasteiger partial charge in [0, 0.05) is 11.1 Å². The average Bonchev–Trinajstić information content (AvgIpc) is 3.11. The van der Waals surface area contributed by atoms with E-state index in [9.17, 15) is 0 Å². The van der Waals surface area contributed by atoms with Crippen molar-refractivity contribution in [2.75, 3.05) is 5.12 Å². The van der Waals surface area contributed by atoms with Crippen LogP contribution in [0, 0.1) is 0 Å². The van der Waals surface area contributed by atoms with Crippen molar-refractivity contribution in [2.24, 2.45) is 10.3 Å². The van der Waals surface area contributed by atoms with E-state index in [-0.39, 0.29) is 12.4 Å². The first-order valence-corrected chi connectivity index (χ1v) is 7.63. The topological polar surface area (TPSA) is 44.6 Å². The highest BCUT2D eigenvalue weighted by Gasteiger charge is 2.45. The van der Waals surface area contributed by atoms with Gasteiger partial charge in [0.1, 0.15) is 5.69 Å². The van der Waals surface area contributed by atoms with Crippen LogP contribution in [0.3, 0.4) is 0 Å². The number of nitrogens with two attached hydrogens (primary N) is 1. The molecule has 24 heavy (non-hydrogen) atoms. The first kappa shape index (κ1) is 16.2. The molecule has 0 fully saturated rings. The Morgan fingerprint density at radius 2 is 1.12 bits per heavy atom. The molecule has 0 atom stereocenters. The number of hydrogen-bond acceptors (Lipinski definition) is 3. The molecule has 5 heteroatoms. The van der Waals surface area contributed by atoms with E-state index in [2.05, 4.69) is 40.0 Å². The maximum absolute atomic E-state index is 4.66. The van der Waals surface area contributed by atoms with Crippen LogP contribution in [0.4, 0.5) is 5.69 Å². The zero-order valence-corrected chi connectivity index (χ0v) is 13.7.